The van der Waals surface area contributed by atoms with E-state index < -0.39 is 0 Å². The van der Waals surface area contributed by atoms with Crippen molar-refractivity contribution in [3.63, 3.8) is 0 Å². The fraction of sp³-hybridized carbons (Fsp3) is 0.533. The normalized spacial score (nSPS) is 22.7. The minimum absolute atomic E-state index is 0.0181. The van der Waals surface area contributed by atoms with Gasteiger partial charge in [-0.05, 0) is 50.4 Å². The molecule has 2 N–H and O–H groups in total. The van der Waals surface area contributed by atoms with E-state index in [4.69, 9.17) is 0 Å². The topological polar surface area (TPSA) is 44.4 Å². The van der Waals surface area contributed by atoms with Gasteiger partial charge in [0.25, 0.3) is 0 Å². The monoisotopic (exact) mass is 259 g/mol. The van der Waals surface area contributed by atoms with E-state index in [-0.39, 0.29) is 11.9 Å². The molecule has 1 aromatic rings. The van der Waals surface area contributed by atoms with Crippen LogP contribution in [0.3, 0.4) is 0 Å². The van der Waals surface area contributed by atoms with E-state index >= 15 is 0 Å². The number of anilines is 2. The molecule has 0 saturated carbocycles. The Morgan fingerprint density at radius 2 is 2.11 bits per heavy atom. The highest BCUT2D eigenvalue weighted by Crippen LogP contribution is 2.23. The smallest absolute Gasteiger partial charge is 0.241 e. The van der Waals surface area contributed by atoms with E-state index in [1.165, 1.54) is 18.5 Å². The SMILES string of the molecule is O=C(Nc1cccc(N2CCCC2)c1)[C@H]1CCCN1. The molecule has 2 fully saturated rings. The van der Waals surface area contributed by atoms with Crippen molar-refractivity contribution in [3.05, 3.63) is 24.3 Å². The number of nitrogens with zero attached hydrogens (tertiary/aromatic N) is 1. The number of hydrogen-bond acceptors (Lipinski definition) is 3. The zero-order chi connectivity index (χ0) is 13.1. The van der Waals surface area contributed by atoms with Crippen LogP contribution in [0.4, 0.5) is 11.4 Å². The van der Waals surface area contributed by atoms with Gasteiger partial charge in [-0.25, -0.2) is 0 Å². The van der Waals surface area contributed by atoms with E-state index in [2.05, 4.69) is 27.7 Å². The molecular formula is C15H21N3O. The van der Waals surface area contributed by atoms with Crippen LogP contribution in [0.2, 0.25) is 0 Å². The van der Waals surface area contributed by atoms with Gasteiger partial charge >= 0.3 is 0 Å². The minimum atomic E-state index is -0.0181. The van der Waals surface area contributed by atoms with Gasteiger partial charge in [-0.2, -0.15) is 0 Å². The highest BCUT2D eigenvalue weighted by Gasteiger charge is 2.22. The molecule has 1 atom stereocenters. The van der Waals surface area contributed by atoms with E-state index in [0.717, 1.165) is 38.2 Å². The Labute approximate surface area is 114 Å². The highest BCUT2D eigenvalue weighted by molar-refractivity contribution is 5.95. The Morgan fingerprint density at radius 3 is 2.84 bits per heavy atom. The largest absolute Gasteiger partial charge is 0.371 e. The third-order valence-corrected chi connectivity index (χ3v) is 3.96. The zero-order valence-corrected chi connectivity index (χ0v) is 11.2. The summed E-state index contributed by atoms with van der Waals surface area (Å²) in [5.74, 6) is 0.0936. The lowest BCUT2D eigenvalue weighted by Crippen LogP contribution is -2.35. The number of benzene rings is 1. The van der Waals surface area contributed by atoms with Crippen molar-refractivity contribution in [2.75, 3.05) is 29.9 Å². The first-order valence-corrected chi connectivity index (χ1v) is 7.22. The first-order valence-electron chi connectivity index (χ1n) is 7.22. The first-order chi connectivity index (χ1) is 9.33. The Kier molecular flexibility index (Phi) is 3.69. The summed E-state index contributed by atoms with van der Waals surface area (Å²) in [6.07, 6.45) is 4.56. The molecule has 2 heterocycles. The van der Waals surface area contributed by atoms with Crippen molar-refractivity contribution in [3.8, 4) is 0 Å². The van der Waals surface area contributed by atoms with Gasteiger partial charge in [0.15, 0.2) is 0 Å². The molecule has 0 aromatic heterocycles. The predicted molar refractivity (Wildman–Crippen MR) is 77.5 cm³/mol. The molecule has 2 saturated heterocycles. The van der Waals surface area contributed by atoms with Crippen LogP contribution in [0.25, 0.3) is 0 Å². The van der Waals surface area contributed by atoms with E-state index in [9.17, 15) is 4.79 Å². The third kappa shape index (κ3) is 2.89. The summed E-state index contributed by atoms with van der Waals surface area (Å²) in [7, 11) is 0. The maximum atomic E-state index is 12.1. The Bertz CT molecular complexity index is 448. The van der Waals surface area contributed by atoms with Gasteiger partial charge in [-0.15, -0.1) is 0 Å². The van der Waals surface area contributed by atoms with Crippen molar-refractivity contribution in [2.45, 2.75) is 31.7 Å². The van der Waals surface area contributed by atoms with Gasteiger partial charge in [0.05, 0.1) is 6.04 Å². The summed E-state index contributed by atoms with van der Waals surface area (Å²) in [6.45, 7) is 3.20. The molecule has 102 valence electrons. The summed E-state index contributed by atoms with van der Waals surface area (Å²) >= 11 is 0. The van der Waals surface area contributed by atoms with Gasteiger partial charge in [0, 0.05) is 24.5 Å². The molecule has 2 aliphatic heterocycles. The second-order valence-electron chi connectivity index (χ2n) is 5.38. The number of amides is 1. The first kappa shape index (κ1) is 12.5. The molecule has 0 bridgehead atoms. The fourth-order valence-corrected chi connectivity index (χ4v) is 2.89. The molecule has 4 nitrogen and oxygen atoms in total. The van der Waals surface area contributed by atoms with Crippen molar-refractivity contribution in [1.29, 1.82) is 0 Å². The molecule has 2 aliphatic rings. The average molecular weight is 259 g/mol. The predicted octanol–water partition coefficient (Wildman–Crippen LogP) is 1.98. The zero-order valence-electron chi connectivity index (χ0n) is 11.2. The summed E-state index contributed by atoms with van der Waals surface area (Å²) in [5.41, 5.74) is 2.12. The van der Waals surface area contributed by atoms with Crippen LogP contribution >= 0.6 is 0 Å². The lowest BCUT2D eigenvalue weighted by atomic mass is 10.2. The number of carbonyl (C=O) groups is 1. The number of nitrogens with one attached hydrogen (secondary N) is 2. The van der Waals surface area contributed by atoms with Crippen LogP contribution in [-0.4, -0.2) is 31.6 Å². The molecule has 0 unspecified atom stereocenters. The number of rotatable bonds is 3. The minimum Gasteiger partial charge on any atom is -0.371 e. The molecule has 0 aliphatic carbocycles. The van der Waals surface area contributed by atoms with Crippen LogP contribution in [0.1, 0.15) is 25.7 Å². The summed E-state index contributed by atoms with van der Waals surface area (Å²) in [5, 5.41) is 6.24. The maximum Gasteiger partial charge on any atom is 0.241 e. The second-order valence-corrected chi connectivity index (χ2v) is 5.38. The van der Waals surface area contributed by atoms with E-state index in [1.54, 1.807) is 0 Å². The van der Waals surface area contributed by atoms with Crippen LogP contribution in [-0.2, 0) is 4.79 Å². The van der Waals surface area contributed by atoms with Gasteiger partial charge < -0.3 is 15.5 Å². The van der Waals surface area contributed by atoms with Gasteiger partial charge in [0.2, 0.25) is 5.91 Å². The molecule has 1 aromatic carbocycles. The second kappa shape index (κ2) is 5.61. The quantitative estimate of drug-likeness (QED) is 0.872. The van der Waals surface area contributed by atoms with E-state index in [0.29, 0.717) is 0 Å². The lowest BCUT2D eigenvalue weighted by molar-refractivity contribution is -0.117. The Morgan fingerprint density at radius 1 is 1.26 bits per heavy atom. The van der Waals surface area contributed by atoms with Crippen LogP contribution in [0, 0.1) is 0 Å². The summed E-state index contributed by atoms with van der Waals surface area (Å²) in [6, 6.07) is 8.17. The Balaban J connectivity index is 1.66. The van der Waals surface area contributed by atoms with Gasteiger partial charge in [-0.1, -0.05) is 6.07 Å². The van der Waals surface area contributed by atoms with Crippen LogP contribution < -0.4 is 15.5 Å². The standard InChI is InChI=1S/C15H21N3O/c19-15(14-7-4-8-16-14)17-12-5-3-6-13(11-12)18-9-1-2-10-18/h3,5-6,11,14,16H,1-2,4,7-10H2,(H,17,19)/t14-/m1/s1. The average Bonchev–Trinajstić information content (AvgIpc) is 3.13. The number of carbonyl (C=O) groups excluding carboxylic acids is 1. The molecule has 3 rings (SSSR count). The summed E-state index contributed by atoms with van der Waals surface area (Å²) < 4.78 is 0. The van der Waals surface area contributed by atoms with Crippen LogP contribution in [0.15, 0.2) is 24.3 Å². The molecule has 4 heteroatoms. The van der Waals surface area contributed by atoms with Crippen molar-refractivity contribution < 1.29 is 4.79 Å². The molecule has 0 radical (unpaired) electrons. The third-order valence-electron chi connectivity index (χ3n) is 3.96. The van der Waals surface area contributed by atoms with Gasteiger partial charge in [0.1, 0.15) is 0 Å². The molecule has 0 spiro atoms. The Hall–Kier alpha value is -1.55. The van der Waals surface area contributed by atoms with Crippen LogP contribution in [0.5, 0.6) is 0 Å². The fourth-order valence-electron chi connectivity index (χ4n) is 2.89. The van der Waals surface area contributed by atoms with Crippen molar-refractivity contribution in [2.24, 2.45) is 0 Å². The van der Waals surface area contributed by atoms with Gasteiger partial charge in [-0.3, -0.25) is 4.79 Å². The van der Waals surface area contributed by atoms with Crippen molar-refractivity contribution in [1.82, 2.24) is 5.32 Å². The molecule has 19 heavy (non-hydrogen) atoms. The number of hydrogen-bond donors (Lipinski definition) is 2. The summed E-state index contributed by atoms with van der Waals surface area (Å²) in [4.78, 5) is 14.4. The highest BCUT2D eigenvalue weighted by atomic mass is 16.2. The molecular weight excluding hydrogens is 238 g/mol. The maximum absolute atomic E-state index is 12.1. The lowest BCUT2D eigenvalue weighted by Gasteiger charge is -2.19. The van der Waals surface area contributed by atoms with E-state index in [1.807, 2.05) is 12.1 Å². The molecule has 1 amide bonds. The van der Waals surface area contributed by atoms with Crippen molar-refractivity contribution >= 4 is 17.3 Å².